The monoisotopic (exact) mass is 348 g/mol. The van der Waals surface area contributed by atoms with Crippen LogP contribution in [0, 0.1) is 16.7 Å². The van der Waals surface area contributed by atoms with Crippen LogP contribution in [-0.2, 0) is 0 Å². The molecule has 4 saturated carbocycles. The highest BCUT2D eigenvalue weighted by Crippen LogP contribution is 2.66. The van der Waals surface area contributed by atoms with Crippen molar-refractivity contribution < 1.29 is 4.79 Å². The van der Waals surface area contributed by atoms with Crippen LogP contribution in [0.25, 0.3) is 10.8 Å². The zero-order chi connectivity index (χ0) is 18.0. The van der Waals surface area contributed by atoms with Crippen LogP contribution in [0.3, 0.4) is 0 Å². The first kappa shape index (κ1) is 16.2. The molecule has 4 atom stereocenters. The van der Waals surface area contributed by atoms with Crippen LogP contribution in [0.1, 0.15) is 52.4 Å². The van der Waals surface area contributed by atoms with Crippen molar-refractivity contribution in [2.75, 3.05) is 5.32 Å². The molecule has 3 nitrogen and oxygen atoms in total. The first-order valence-corrected chi connectivity index (χ1v) is 9.93. The molecular weight excluding hydrogens is 320 g/mol. The molecule has 0 saturated heterocycles. The van der Waals surface area contributed by atoms with Crippen molar-refractivity contribution in [3.05, 3.63) is 42.5 Å². The molecule has 2 aromatic carbocycles. The predicted octanol–water partition coefficient (Wildman–Crippen LogP) is 5.71. The fraction of sp³-hybridized carbons (Fsp3) is 0.522. The van der Waals surface area contributed by atoms with Crippen molar-refractivity contribution in [1.29, 1.82) is 0 Å². The van der Waals surface area contributed by atoms with Crippen molar-refractivity contribution in [2.45, 2.75) is 57.9 Å². The summed E-state index contributed by atoms with van der Waals surface area (Å²) in [6.45, 7) is 4.88. The van der Waals surface area contributed by atoms with E-state index < -0.39 is 0 Å². The van der Waals surface area contributed by atoms with Crippen LogP contribution < -0.4 is 10.6 Å². The molecule has 4 fully saturated rings. The Labute approximate surface area is 155 Å². The molecule has 0 heterocycles. The standard InChI is InChI=1S/C23H28N2O/c1-21-10-16-11-22(2,13-21)15-23(12-16,14-21)25-20(26)24-19-9-5-7-17-6-3-4-8-18(17)19/h3-9,16H,10-15H2,1-2H3,(H2,24,25,26)/t16?,21-,22+,23?. The molecule has 2 amide bonds. The van der Waals surface area contributed by atoms with Crippen molar-refractivity contribution in [1.82, 2.24) is 5.32 Å². The Bertz CT molecular complexity index is 865. The van der Waals surface area contributed by atoms with Gasteiger partial charge in [-0.05, 0) is 66.7 Å². The van der Waals surface area contributed by atoms with Gasteiger partial charge >= 0.3 is 6.03 Å². The minimum absolute atomic E-state index is 0.0163. The van der Waals surface area contributed by atoms with E-state index in [2.05, 4.69) is 42.7 Å². The number of anilines is 1. The summed E-state index contributed by atoms with van der Waals surface area (Å²) >= 11 is 0. The average molecular weight is 348 g/mol. The molecule has 0 spiro atoms. The second-order valence-electron chi connectivity index (χ2n) is 10.0. The van der Waals surface area contributed by atoms with Crippen LogP contribution in [0.4, 0.5) is 10.5 Å². The van der Waals surface area contributed by atoms with Crippen LogP contribution in [0.5, 0.6) is 0 Å². The first-order chi connectivity index (χ1) is 12.4. The number of urea groups is 1. The molecule has 4 aliphatic carbocycles. The van der Waals surface area contributed by atoms with Crippen molar-refractivity contribution in [2.24, 2.45) is 16.7 Å². The molecule has 136 valence electrons. The quantitative estimate of drug-likeness (QED) is 0.717. The molecule has 2 aromatic rings. The minimum Gasteiger partial charge on any atom is -0.332 e. The second kappa shape index (κ2) is 5.25. The topological polar surface area (TPSA) is 41.1 Å². The van der Waals surface area contributed by atoms with Gasteiger partial charge in [-0.3, -0.25) is 0 Å². The Balaban J connectivity index is 1.39. The van der Waals surface area contributed by atoms with Crippen LogP contribution in [-0.4, -0.2) is 11.6 Å². The number of benzene rings is 2. The molecule has 6 rings (SSSR count). The van der Waals surface area contributed by atoms with E-state index in [1.807, 2.05) is 24.3 Å². The maximum absolute atomic E-state index is 12.9. The van der Waals surface area contributed by atoms with Gasteiger partial charge in [-0.25, -0.2) is 4.79 Å². The third-order valence-corrected chi connectivity index (χ3v) is 7.04. The zero-order valence-electron chi connectivity index (χ0n) is 15.8. The Morgan fingerprint density at radius 2 is 1.62 bits per heavy atom. The maximum Gasteiger partial charge on any atom is 0.319 e. The van der Waals surface area contributed by atoms with Gasteiger partial charge in [0.25, 0.3) is 0 Å². The summed E-state index contributed by atoms with van der Waals surface area (Å²) < 4.78 is 0. The van der Waals surface area contributed by atoms with Gasteiger partial charge in [-0.1, -0.05) is 50.2 Å². The number of rotatable bonds is 2. The zero-order valence-corrected chi connectivity index (χ0v) is 15.8. The van der Waals surface area contributed by atoms with Gasteiger partial charge in [0.15, 0.2) is 0 Å². The summed E-state index contributed by atoms with van der Waals surface area (Å²) in [4.78, 5) is 12.9. The highest BCUT2D eigenvalue weighted by molar-refractivity contribution is 6.01. The number of fused-ring (bicyclic) bond motifs is 1. The van der Waals surface area contributed by atoms with E-state index in [-0.39, 0.29) is 11.6 Å². The van der Waals surface area contributed by atoms with Crippen molar-refractivity contribution in [3.63, 3.8) is 0 Å². The molecule has 0 radical (unpaired) electrons. The molecule has 2 unspecified atom stereocenters. The van der Waals surface area contributed by atoms with E-state index in [4.69, 9.17) is 0 Å². The molecule has 26 heavy (non-hydrogen) atoms. The molecular formula is C23H28N2O. The fourth-order valence-electron chi connectivity index (χ4n) is 7.32. The lowest BCUT2D eigenvalue weighted by Gasteiger charge is -2.65. The van der Waals surface area contributed by atoms with Gasteiger partial charge in [-0.2, -0.15) is 0 Å². The van der Waals surface area contributed by atoms with E-state index >= 15 is 0 Å². The smallest absolute Gasteiger partial charge is 0.319 e. The summed E-state index contributed by atoms with van der Waals surface area (Å²) in [7, 11) is 0. The maximum atomic E-state index is 12.9. The van der Waals surface area contributed by atoms with Crippen LogP contribution in [0.15, 0.2) is 42.5 Å². The third kappa shape index (κ3) is 2.60. The number of amides is 2. The number of hydrogen-bond acceptors (Lipinski definition) is 1. The molecule has 3 heteroatoms. The Kier molecular flexibility index (Phi) is 3.26. The second-order valence-corrected chi connectivity index (χ2v) is 10.0. The number of carbonyl (C=O) groups excluding carboxylic acids is 1. The summed E-state index contributed by atoms with van der Waals surface area (Å²) in [6, 6.07) is 14.2. The normalized spacial score (nSPS) is 37.7. The molecule has 4 aliphatic rings. The summed E-state index contributed by atoms with van der Waals surface area (Å²) in [6.07, 6.45) is 7.43. The SMILES string of the molecule is C[C@]12CC3CC(NC(=O)Nc4cccc5ccccc45)(C1)C[C@@](C)(C3)C2. The highest BCUT2D eigenvalue weighted by atomic mass is 16.2. The van der Waals surface area contributed by atoms with Gasteiger partial charge < -0.3 is 10.6 Å². The third-order valence-electron chi connectivity index (χ3n) is 7.04. The minimum atomic E-state index is -0.0458. The number of carbonyl (C=O) groups is 1. The van der Waals surface area contributed by atoms with Gasteiger partial charge in [0.2, 0.25) is 0 Å². The Morgan fingerprint density at radius 3 is 2.35 bits per heavy atom. The van der Waals surface area contributed by atoms with Gasteiger partial charge in [0.05, 0.1) is 5.69 Å². The van der Waals surface area contributed by atoms with E-state index in [9.17, 15) is 4.79 Å². The summed E-state index contributed by atoms with van der Waals surface area (Å²) in [5, 5.41) is 8.82. The van der Waals surface area contributed by atoms with E-state index in [0.717, 1.165) is 41.6 Å². The van der Waals surface area contributed by atoms with Gasteiger partial charge in [-0.15, -0.1) is 0 Å². The van der Waals surface area contributed by atoms with Gasteiger partial charge in [0, 0.05) is 10.9 Å². The summed E-state index contributed by atoms with van der Waals surface area (Å²) in [5.41, 5.74) is 1.68. The van der Waals surface area contributed by atoms with E-state index in [0.29, 0.717) is 10.8 Å². The lowest BCUT2D eigenvalue weighted by atomic mass is 9.43. The predicted molar refractivity (Wildman–Crippen MR) is 106 cm³/mol. The lowest BCUT2D eigenvalue weighted by molar-refractivity contribution is -0.113. The van der Waals surface area contributed by atoms with E-state index in [1.165, 1.54) is 19.3 Å². The first-order valence-electron chi connectivity index (χ1n) is 9.93. The molecule has 0 aliphatic heterocycles. The molecule has 4 bridgehead atoms. The Hall–Kier alpha value is -2.03. The fourth-order valence-corrected chi connectivity index (χ4v) is 7.32. The van der Waals surface area contributed by atoms with Crippen molar-refractivity contribution in [3.8, 4) is 0 Å². The number of nitrogens with one attached hydrogen (secondary N) is 2. The van der Waals surface area contributed by atoms with Crippen LogP contribution >= 0.6 is 0 Å². The van der Waals surface area contributed by atoms with Gasteiger partial charge in [0.1, 0.15) is 0 Å². The van der Waals surface area contributed by atoms with E-state index in [1.54, 1.807) is 0 Å². The highest BCUT2D eigenvalue weighted by Gasteiger charge is 2.60. The van der Waals surface area contributed by atoms with Crippen LogP contribution in [0.2, 0.25) is 0 Å². The molecule has 2 N–H and O–H groups in total. The summed E-state index contributed by atoms with van der Waals surface area (Å²) in [5.74, 6) is 0.777. The average Bonchev–Trinajstić information content (AvgIpc) is 2.51. The Morgan fingerprint density at radius 1 is 0.923 bits per heavy atom. The molecule has 0 aromatic heterocycles. The lowest BCUT2D eigenvalue weighted by Crippen LogP contribution is -2.65. The van der Waals surface area contributed by atoms with Crippen molar-refractivity contribution >= 4 is 22.5 Å². The number of hydrogen-bond donors (Lipinski definition) is 2. The largest absolute Gasteiger partial charge is 0.332 e.